The van der Waals surface area contributed by atoms with Gasteiger partial charge in [-0.05, 0) is 13.3 Å². The van der Waals surface area contributed by atoms with Gasteiger partial charge in [0.2, 0.25) is 0 Å². The molecule has 4 nitrogen and oxygen atoms in total. The summed E-state index contributed by atoms with van der Waals surface area (Å²) in [6, 6.07) is 0. The monoisotopic (exact) mass is 199 g/mol. The third-order valence-electron chi connectivity index (χ3n) is 2.11. The first-order valence-corrected chi connectivity index (χ1v) is 4.84. The minimum atomic E-state index is -0.317. The van der Waals surface area contributed by atoms with Gasteiger partial charge in [-0.1, -0.05) is 0 Å². The van der Waals surface area contributed by atoms with Crippen LogP contribution in [0, 0.1) is 0 Å². The molecule has 1 fully saturated rings. The van der Waals surface area contributed by atoms with Crippen LogP contribution in [0.3, 0.4) is 0 Å². The van der Waals surface area contributed by atoms with Gasteiger partial charge in [0.05, 0.1) is 13.2 Å². The topological polar surface area (TPSA) is 38.8 Å². The van der Waals surface area contributed by atoms with Gasteiger partial charge in [-0.2, -0.15) is 0 Å². The molecule has 0 aliphatic carbocycles. The van der Waals surface area contributed by atoms with Crippen LogP contribution in [0.1, 0.15) is 13.3 Å². The van der Waals surface area contributed by atoms with E-state index in [9.17, 15) is 4.79 Å². The summed E-state index contributed by atoms with van der Waals surface area (Å²) in [4.78, 5) is 12.9. The van der Waals surface area contributed by atoms with Crippen LogP contribution >= 0.6 is 0 Å². The van der Waals surface area contributed by atoms with Crippen molar-refractivity contribution in [3.63, 3.8) is 0 Å². The van der Waals surface area contributed by atoms with Gasteiger partial charge in [-0.25, -0.2) is 4.79 Å². The third-order valence-corrected chi connectivity index (χ3v) is 2.11. The van der Waals surface area contributed by atoms with Crippen LogP contribution < -0.4 is 0 Å². The zero-order valence-electron chi connectivity index (χ0n) is 8.73. The predicted molar refractivity (Wildman–Crippen MR) is 52.8 cm³/mol. The van der Waals surface area contributed by atoms with E-state index >= 15 is 0 Å². The summed E-state index contributed by atoms with van der Waals surface area (Å²) in [5, 5.41) is 0. The summed E-state index contributed by atoms with van der Waals surface area (Å²) in [6.45, 7) is 4.58. The highest BCUT2D eigenvalue weighted by Crippen LogP contribution is 2.05. The Morgan fingerprint density at radius 2 is 2.43 bits per heavy atom. The Balaban J connectivity index is 2.42. The number of nitrogens with zero attached hydrogens (tertiary/aromatic N) is 1. The molecule has 1 aliphatic heterocycles. The summed E-state index contributed by atoms with van der Waals surface area (Å²) in [5.74, 6) is -0.317. The van der Waals surface area contributed by atoms with Crippen LogP contribution in [-0.2, 0) is 14.3 Å². The molecule has 1 saturated heterocycles. The van der Waals surface area contributed by atoms with Gasteiger partial charge in [0.25, 0.3) is 0 Å². The van der Waals surface area contributed by atoms with Gasteiger partial charge in [0.1, 0.15) is 0 Å². The first-order valence-electron chi connectivity index (χ1n) is 4.84. The fourth-order valence-electron chi connectivity index (χ4n) is 1.40. The molecule has 1 unspecified atom stereocenters. The highest BCUT2D eigenvalue weighted by molar-refractivity contribution is 5.81. The van der Waals surface area contributed by atoms with Crippen LogP contribution in [-0.4, -0.2) is 43.8 Å². The lowest BCUT2D eigenvalue weighted by atomic mass is 10.3. The summed E-state index contributed by atoms with van der Waals surface area (Å²) in [7, 11) is 1.38. The Morgan fingerprint density at radius 1 is 1.64 bits per heavy atom. The molecule has 1 aliphatic rings. The van der Waals surface area contributed by atoms with Gasteiger partial charge in [0.15, 0.2) is 0 Å². The molecule has 0 amide bonds. The summed E-state index contributed by atoms with van der Waals surface area (Å²) < 4.78 is 9.99. The smallest absolute Gasteiger partial charge is 0.331 e. The Kier molecular flexibility index (Phi) is 4.46. The van der Waals surface area contributed by atoms with Gasteiger partial charge < -0.3 is 14.4 Å². The number of esters is 1. The normalized spacial score (nSPS) is 23.6. The molecule has 0 aromatic rings. The molecule has 0 aromatic carbocycles. The molecule has 4 heteroatoms. The Bertz CT molecular complexity index is 215. The van der Waals surface area contributed by atoms with Crippen molar-refractivity contribution < 1.29 is 14.3 Å². The summed E-state index contributed by atoms with van der Waals surface area (Å²) in [6.07, 6.45) is 4.44. The van der Waals surface area contributed by atoms with E-state index in [2.05, 4.69) is 9.64 Å². The fourth-order valence-corrected chi connectivity index (χ4v) is 1.40. The van der Waals surface area contributed by atoms with Crippen LogP contribution in [0.2, 0.25) is 0 Å². The summed E-state index contributed by atoms with van der Waals surface area (Å²) in [5.41, 5.74) is 0. The average Bonchev–Trinajstić information content (AvgIpc) is 2.39. The Hall–Kier alpha value is -1.03. The first-order chi connectivity index (χ1) is 6.72. The molecule has 14 heavy (non-hydrogen) atoms. The van der Waals surface area contributed by atoms with Crippen molar-refractivity contribution in [1.29, 1.82) is 0 Å². The second-order valence-electron chi connectivity index (χ2n) is 3.37. The quantitative estimate of drug-likeness (QED) is 0.486. The first kappa shape index (κ1) is 11.0. The molecule has 1 atom stereocenters. The van der Waals surface area contributed by atoms with Crippen molar-refractivity contribution in [1.82, 2.24) is 4.90 Å². The van der Waals surface area contributed by atoms with Crippen molar-refractivity contribution in [2.75, 3.05) is 26.8 Å². The molecule has 0 radical (unpaired) electrons. The van der Waals surface area contributed by atoms with Gasteiger partial charge in [0, 0.05) is 32.0 Å². The van der Waals surface area contributed by atoms with Crippen LogP contribution in [0.5, 0.6) is 0 Å². The maximum Gasteiger partial charge on any atom is 0.331 e. The maximum atomic E-state index is 10.9. The van der Waals surface area contributed by atoms with Crippen LogP contribution in [0.25, 0.3) is 0 Å². The second-order valence-corrected chi connectivity index (χ2v) is 3.37. The van der Waals surface area contributed by atoms with E-state index in [1.807, 2.05) is 6.92 Å². The molecule has 0 saturated carbocycles. The molecule has 1 rings (SSSR count). The van der Waals surface area contributed by atoms with E-state index in [1.165, 1.54) is 13.2 Å². The van der Waals surface area contributed by atoms with Crippen molar-refractivity contribution in [2.45, 2.75) is 19.4 Å². The standard InChI is InChI=1S/C10H17NO3/c1-9-8-11(5-3-7-14-9)6-4-10(12)13-2/h4,6,9H,3,5,7-8H2,1-2H3/b6-4+. The number of hydrogen-bond donors (Lipinski definition) is 0. The van der Waals surface area contributed by atoms with Crippen LogP contribution in [0.4, 0.5) is 0 Å². The molecule has 1 heterocycles. The van der Waals surface area contributed by atoms with Crippen molar-refractivity contribution in [3.8, 4) is 0 Å². The van der Waals surface area contributed by atoms with Gasteiger partial charge >= 0.3 is 5.97 Å². The zero-order chi connectivity index (χ0) is 10.4. The summed E-state index contributed by atoms with van der Waals surface area (Å²) >= 11 is 0. The SMILES string of the molecule is COC(=O)/C=C/N1CCCOC(C)C1. The van der Waals surface area contributed by atoms with Gasteiger partial charge in [-0.3, -0.25) is 0 Å². The number of hydrogen-bond acceptors (Lipinski definition) is 4. The molecule has 0 bridgehead atoms. The molecule has 0 spiro atoms. The highest BCUT2D eigenvalue weighted by atomic mass is 16.5. The minimum absolute atomic E-state index is 0.222. The van der Waals surface area contributed by atoms with E-state index in [0.29, 0.717) is 0 Å². The Labute approximate surface area is 84.5 Å². The fraction of sp³-hybridized carbons (Fsp3) is 0.700. The largest absolute Gasteiger partial charge is 0.466 e. The lowest BCUT2D eigenvalue weighted by Gasteiger charge is -2.19. The van der Waals surface area contributed by atoms with Crippen LogP contribution in [0.15, 0.2) is 12.3 Å². The van der Waals surface area contributed by atoms with E-state index in [1.54, 1.807) is 6.20 Å². The van der Waals surface area contributed by atoms with E-state index in [-0.39, 0.29) is 12.1 Å². The highest BCUT2D eigenvalue weighted by Gasteiger charge is 2.11. The number of carbonyl (C=O) groups excluding carboxylic acids is 1. The molecule has 0 aromatic heterocycles. The molecule has 80 valence electrons. The maximum absolute atomic E-state index is 10.9. The van der Waals surface area contributed by atoms with E-state index in [0.717, 1.165) is 26.1 Å². The van der Waals surface area contributed by atoms with Crippen molar-refractivity contribution >= 4 is 5.97 Å². The lowest BCUT2D eigenvalue weighted by Crippen LogP contribution is -2.25. The van der Waals surface area contributed by atoms with Crippen molar-refractivity contribution in [3.05, 3.63) is 12.3 Å². The molecule has 0 N–H and O–H groups in total. The number of rotatable bonds is 2. The molecular formula is C10H17NO3. The lowest BCUT2D eigenvalue weighted by molar-refractivity contribution is -0.134. The number of carbonyl (C=O) groups is 1. The van der Waals surface area contributed by atoms with E-state index < -0.39 is 0 Å². The second kappa shape index (κ2) is 5.65. The van der Waals surface area contributed by atoms with Crippen molar-refractivity contribution in [2.24, 2.45) is 0 Å². The third kappa shape index (κ3) is 3.79. The predicted octanol–water partition coefficient (Wildman–Crippen LogP) is 0.784. The molecular weight excluding hydrogens is 182 g/mol. The Morgan fingerprint density at radius 3 is 3.14 bits per heavy atom. The average molecular weight is 199 g/mol. The minimum Gasteiger partial charge on any atom is -0.466 e. The zero-order valence-corrected chi connectivity index (χ0v) is 8.73. The number of ether oxygens (including phenoxy) is 2. The number of methoxy groups -OCH3 is 1. The van der Waals surface area contributed by atoms with E-state index in [4.69, 9.17) is 4.74 Å². The van der Waals surface area contributed by atoms with Gasteiger partial charge in [-0.15, -0.1) is 0 Å².